The minimum absolute atomic E-state index is 0.0468. The molecule has 1 aliphatic heterocycles. The number of hydrogen-bond donors (Lipinski definition) is 2. The van der Waals surface area contributed by atoms with Crippen molar-refractivity contribution in [3.05, 3.63) is 29.3 Å². The molecule has 1 aromatic rings. The third kappa shape index (κ3) is 5.55. The Balaban J connectivity index is 1.93. The third-order valence-corrected chi connectivity index (χ3v) is 4.25. The van der Waals surface area contributed by atoms with Gasteiger partial charge in [0.05, 0.1) is 6.61 Å². The number of piperidine rings is 1. The van der Waals surface area contributed by atoms with Crippen LogP contribution in [0.2, 0.25) is 0 Å². The van der Waals surface area contributed by atoms with E-state index in [0.717, 1.165) is 23.3 Å². The molecule has 0 aliphatic carbocycles. The molecule has 2 N–H and O–H groups in total. The highest BCUT2D eigenvalue weighted by Crippen LogP contribution is 2.21. The van der Waals surface area contributed by atoms with Crippen LogP contribution >= 0.6 is 0 Å². The SMILES string of the molecule is Cc1ccc(CNC(=O)[C@@H]2CCNC(=O)C2)c(OCCC(C)C)c1. The quantitative estimate of drug-likeness (QED) is 0.806. The Morgan fingerprint density at radius 2 is 2.21 bits per heavy atom. The van der Waals surface area contributed by atoms with Crippen LogP contribution < -0.4 is 15.4 Å². The lowest BCUT2D eigenvalue weighted by Gasteiger charge is -2.21. The molecule has 5 nitrogen and oxygen atoms in total. The summed E-state index contributed by atoms with van der Waals surface area (Å²) in [6.45, 7) is 8.03. The van der Waals surface area contributed by atoms with E-state index in [9.17, 15) is 9.59 Å². The van der Waals surface area contributed by atoms with E-state index in [1.54, 1.807) is 0 Å². The average molecular weight is 332 g/mol. The maximum absolute atomic E-state index is 12.3. The number of amides is 2. The first-order valence-corrected chi connectivity index (χ1v) is 8.72. The number of hydrogen-bond acceptors (Lipinski definition) is 3. The van der Waals surface area contributed by atoms with E-state index in [-0.39, 0.29) is 24.2 Å². The second kappa shape index (κ2) is 8.71. The molecule has 1 aliphatic rings. The summed E-state index contributed by atoms with van der Waals surface area (Å²) in [5.74, 6) is 1.09. The summed E-state index contributed by atoms with van der Waals surface area (Å²) in [7, 11) is 0. The van der Waals surface area contributed by atoms with Gasteiger partial charge in [-0.05, 0) is 37.3 Å². The summed E-state index contributed by atoms with van der Waals surface area (Å²) in [5, 5.41) is 5.70. The van der Waals surface area contributed by atoms with Gasteiger partial charge in [-0.3, -0.25) is 9.59 Å². The van der Waals surface area contributed by atoms with E-state index in [1.807, 2.05) is 25.1 Å². The molecule has 1 aromatic carbocycles. The number of ether oxygens (including phenoxy) is 1. The lowest BCUT2D eigenvalue weighted by Crippen LogP contribution is -2.40. The molecule has 0 radical (unpaired) electrons. The van der Waals surface area contributed by atoms with Crippen LogP contribution in [-0.2, 0) is 16.1 Å². The molecule has 0 bridgehead atoms. The smallest absolute Gasteiger partial charge is 0.223 e. The molecule has 132 valence electrons. The lowest BCUT2D eigenvalue weighted by molar-refractivity contribution is -0.132. The van der Waals surface area contributed by atoms with E-state index < -0.39 is 0 Å². The highest BCUT2D eigenvalue weighted by Gasteiger charge is 2.25. The van der Waals surface area contributed by atoms with Crippen molar-refractivity contribution in [2.75, 3.05) is 13.2 Å². The lowest BCUT2D eigenvalue weighted by atomic mass is 9.96. The predicted molar refractivity (Wildman–Crippen MR) is 93.7 cm³/mol. The summed E-state index contributed by atoms with van der Waals surface area (Å²) in [6, 6.07) is 6.02. The minimum atomic E-state index is -0.227. The molecule has 5 heteroatoms. The van der Waals surface area contributed by atoms with Crippen LogP contribution in [0.3, 0.4) is 0 Å². The van der Waals surface area contributed by atoms with E-state index in [2.05, 4.69) is 24.5 Å². The van der Waals surface area contributed by atoms with Crippen LogP contribution in [0.4, 0.5) is 0 Å². The number of aryl methyl sites for hydroxylation is 1. The van der Waals surface area contributed by atoms with Crippen LogP contribution in [-0.4, -0.2) is 25.0 Å². The fourth-order valence-corrected chi connectivity index (χ4v) is 2.68. The Labute approximate surface area is 144 Å². The van der Waals surface area contributed by atoms with Crippen molar-refractivity contribution in [1.82, 2.24) is 10.6 Å². The third-order valence-electron chi connectivity index (χ3n) is 4.25. The summed E-state index contributed by atoms with van der Waals surface area (Å²) in [4.78, 5) is 23.7. The predicted octanol–water partition coefficient (Wildman–Crippen LogP) is 2.56. The van der Waals surface area contributed by atoms with Gasteiger partial charge in [0, 0.05) is 31.0 Å². The van der Waals surface area contributed by atoms with Gasteiger partial charge in [0.25, 0.3) is 0 Å². The van der Waals surface area contributed by atoms with Crippen LogP contribution in [0.25, 0.3) is 0 Å². The van der Waals surface area contributed by atoms with Gasteiger partial charge in [-0.25, -0.2) is 0 Å². The number of nitrogens with one attached hydrogen (secondary N) is 2. The highest BCUT2D eigenvalue weighted by molar-refractivity contribution is 5.86. The van der Waals surface area contributed by atoms with Crippen molar-refractivity contribution in [1.29, 1.82) is 0 Å². The van der Waals surface area contributed by atoms with Gasteiger partial charge in [-0.1, -0.05) is 26.0 Å². The molecule has 1 atom stereocenters. The molecule has 0 aromatic heterocycles. The van der Waals surface area contributed by atoms with Crippen LogP contribution in [0, 0.1) is 18.8 Å². The van der Waals surface area contributed by atoms with Gasteiger partial charge in [0.2, 0.25) is 11.8 Å². The maximum atomic E-state index is 12.3. The Kier molecular flexibility index (Phi) is 6.64. The number of carbonyl (C=O) groups is 2. The van der Waals surface area contributed by atoms with Crippen molar-refractivity contribution in [3.63, 3.8) is 0 Å². The molecule has 0 unspecified atom stereocenters. The molecule has 1 fully saturated rings. The largest absolute Gasteiger partial charge is 0.493 e. The molecular weight excluding hydrogens is 304 g/mol. The highest BCUT2D eigenvalue weighted by atomic mass is 16.5. The van der Waals surface area contributed by atoms with Crippen LogP contribution in [0.5, 0.6) is 5.75 Å². The number of benzene rings is 1. The zero-order valence-electron chi connectivity index (χ0n) is 14.9. The van der Waals surface area contributed by atoms with Crippen LogP contribution in [0.1, 0.15) is 44.2 Å². The Morgan fingerprint density at radius 1 is 1.42 bits per heavy atom. The fourth-order valence-electron chi connectivity index (χ4n) is 2.68. The van der Waals surface area contributed by atoms with Crippen molar-refractivity contribution in [2.45, 2.75) is 46.6 Å². The van der Waals surface area contributed by atoms with Gasteiger partial charge < -0.3 is 15.4 Å². The molecule has 0 saturated carbocycles. The van der Waals surface area contributed by atoms with E-state index in [4.69, 9.17) is 4.74 Å². The first kappa shape index (κ1) is 18.3. The molecule has 1 heterocycles. The summed E-state index contributed by atoms with van der Waals surface area (Å²) in [6.07, 6.45) is 1.97. The molecule has 2 rings (SSSR count). The summed E-state index contributed by atoms with van der Waals surface area (Å²) < 4.78 is 5.91. The molecule has 0 spiro atoms. The summed E-state index contributed by atoms with van der Waals surface area (Å²) >= 11 is 0. The monoisotopic (exact) mass is 332 g/mol. The van der Waals surface area contributed by atoms with Gasteiger partial charge in [-0.2, -0.15) is 0 Å². The standard InChI is InChI=1S/C19H28N2O3/c1-13(2)7-9-24-17-10-14(3)4-5-16(17)12-21-19(23)15-6-8-20-18(22)11-15/h4-5,10,13,15H,6-9,11-12H2,1-3H3,(H,20,22)(H,21,23)/t15-/m1/s1. The average Bonchev–Trinajstić information content (AvgIpc) is 2.53. The number of carbonyl (C=O) groups excluding carboxylic acids is 2. The first-order chi connectivity index (χ1) is 11.5. The zero-order valence-corrected chi connectivity index (χ0v) is 14.9. The van der Waals surface area contributed by atoms with E-state index in [0.29, 0.717) is 32.0 Å². The maximum Gasteiger partial charge on any atom is 0.223 e. The fraction of sp³-hybridized carbons (Fsp3) is 0.579. The molecule has 24 heavy (non-hydrogen) atoms. The van der Waals surface area contributed by atoms with E-state index in [1.165, 1.54) is 0 Å². The molecule has 1 saturated heterocycles. The molecule has 2 amide bonds. The topological polar surface area (TPSA) is 67.4 Å². The van der Waals surface area contributed by atoms with Gasteiger partial charge >= 0.3 is 0 Å². The van der Waals surface area contributed by atoms with Crippen molar-refractivity contribution in [3.8, 4) is 5.75 Å². The Morgan fingerprint density at radius 3 is 2.92 bits per heavy atom. The van der Waals surface area contributed by atoms with Crippen LogP contribution in [0.15, 0.2) is 18.2 Å². The van der Waals surface area contributed by atoms with Crippen molar-refractivity contribution in [2.24, 2.45) is 11.8 Å². The van der Waals surface area contributed by atoms with Crippen molar-refractivity contribution >= 4 is 11.8 Å². The first-order valence-electron chi connectivity index (χ1n) is 8.72. The second-order valence-electron chi connectivity index (χ2n) is 6.90. The second-order valence-corrected chi connectivity index (χ2v) is 6.90. The van der Waals surface area contributed by atoms with Gasteiger partial charge in [0.1, 0.15) is 5.75 Å². The Hall–Kier alpha value is -2.04. The van der Waals surface area contributed by atoms with Gasteiger partial charge in [-0.15, -0.1) is 0 Å². The number of rotatable bonds is 7. The normalized spacial score (nSPS) is 17.5. The van der Waals surface area contributed by atoms with E-state index >= 15 is 0 Å². The van der Waals surface area contributed by atoms with Gasteiger partial charge in [0.15, 0.2) is 0 Å². The molecular formula is C19H28N2O3. The summed E-state index contributed by atoms with van der Waals surface area (Å²) in [5.41, 5.74) is 2.10. The van der Waals surface area contributed by atoms with Crippen molar-refractivity contribution < 1.29 is 14.3 Å². The minimum Gasteiger partial charge on any atom is -0.493 e. The zero-order chi connectivity index (χ0) is 17.5. The Bertz CT molecular complexity index is 584.